The van der Waals surface area contributed by atoms with E-state index in [9.17, 15) is 19.5 Å². The first-order chi connectivity index (χ1) is 31.1. The van der Waals surface area contributed by atoms with Gasteiger partial charge in [0.15, 0.2) is 6.10 Å². The lowest BCUT2D eigenvalue weighted by Crippen LogP contribution is -2.55. The van der Waals surface area contributed by atoms with E-state index in [0.717, 1.165) is 77.0 Å². The van der Waals surface area contributed by atoms with Crippen molar-refractivity contribution in [2.45, 2.75) is 238 Å². The Morgan fingerprint density at radius 2 is 0.828 bits per heavy atom. The number of carboxylic acid groups (broad SMARTS) is 1. The lowest BCUT2D eigenvalue weighted by Gasteiger charge is -2.34. The molecule has 0 fully saturated rings. The predicted molar refractivity (Wildman–Crippen MR) is 268 cm³/mol. The first-order valence-electron chi connectivity index (χ1n) is 26.3. The fraction of sp³-hybridized carbons (Fsp3) is 0.768. The lowest BCUT2D eigenvalue weighted by molar-refractivity contribution is -0.889. The van der Waals surface area contributed by atoms with Crippen LogP contribution in [0.15, 0.2) is 60.8 Å². The molecule has 0 aromatic rings. The van der Waals surface area contributed by atoms with Gasteiger partial charge in [-0.15, -0.1) is 0 Å². The van der Waals surface area contributed by atoms with Crippen molar-refractivity contribution in [3.63, 3.8) is 0 Å². The smallest absolute Gasteiger partial charge is 0.306 e. The summed E-state index contributed by atoms with van der Waals surface area (Å²) in [6.45, 7) is 4.47. The van der Waals surface area contributed by atoms with Crippen molar-refractivity contribution < 1.29 is 38.2 Å². The van der Waals surface area contributed by atoms with Gasteiger partial charge in [0, 0.05) is 19.3 Å². The van der Waals surface area contributed by atoms with Crippen molar-refractivity contribution in [1.82, 2.24) is 0 Å². The number of quaternary nitrogens is 1. The number of esters is 2. The number of aliphatic carboxylic acids is 1. The third-order valence-electron chi connectivity index (χ3n) is 11.6. The van der Waals surface area contributed by atoms with E-state index in [-0.39, 0.29) is 42.7 Å². The van der Waals surface area contributed by atoms with Gasteiger partial charge >= 0.3 is 11.9 Å². The Labute approximate surface area is 394 Å². The van der Waals surface area contributed by atoms with Crippen molar-refractivity contribution in [1.29, 1.82) is 0 Å². The Kier molecular flexibility index (Phi) is 44.4. The van der Waals surface area contributed by atoms with Crippen LogP contribution in [0.2, 0.25) is 0 Å². The molecule has 0 spiro atoms. The molecule has 0 saturated carbocycles. The normalized spacial score (nSPS) is 13.3. The molecule has 8 nitrogen and oxygen atoms in total. The number of carbonyl (C=O) groups excluding carboxylic acids is 3. The largest absolute Gasteiger partial charge is 0.544 e. The van der Waals surface area contributed by atoms with E-state index in [0.29, 0.717) is 12.8 Å². The highest BCUT2D eigenvalue weighted by molar-refractivity contribution is 5.70. The van der Waals surface area contributed by atoms with Crippen LogP contribution in [0.4, 0.5) is 0 Å². The molecule has 0 rings (SSSR count). The summed E-state index contributed by atoms with van der Waals surface area (Å²) in [5.74, 6) is -1.74. The second-order valence-electron chi connectivity index (χ2n) is 18.7. The van der Waals surface area contributed by atoms with Crippen molar-refractivity contribution in [2.24, 2.45) is 0 Å². The monoisotopic (exact) mass is 898 g/mol. The number of allylic oxidation sites excluding steroid dienone is 10. The maximum Gasteiger partial charge on any atom is 0.306 e. The molecule has 64 heavy (non-hydrogen) atoms. The molecule has 0 amide bonds. The van der Waals surface area contributed by atoms with Gasteiger partial charge in [-0.05, 0) is 70.6 Å². The molecule has 0 radical (unpaired) electrons. The Morgan fingerprint density at radius 3 is 1.22 bits per heavy atom. The minimum Gasteiger partial charge on any atom is -0.544 e. The first kappa shape index (κ1) is 61.0. The van der Waals surface area contributed by atoms with Gasteiger partial charge in [-0.25, -0.2) is 0 Å². The molecule has 0 N–H and O–H groups in total. The highest BCUT2D eigenvalue weighted by Crippen LogP contribution is 2.16. The molecule has 0 saturated heterocycles. The number of hydrogen-bond acceptors (Lipinski definition) is 7. The Bertz CT molecular complexity index is 1230. The number of nitrogens with zero attached hydrogens (tertiary/aromatic N) is 1. The molecular formula is C56H99NO7. The molecule has 0 aliphatic heterocycles. The highest BCUT2D eigenvalue weighted by atomic mass is 16.6. The fourth-order valence-corrected chi connectivity index (χ4v) is 7.65. The molecule has 0 aliphatic carbocycles. The molecule has 370 valence electrons. The summed E-state index contributed by atoms with van der Waals surface area (Å²) in [5.41, 5.74) is 0. The van der Waals surface area contributed by atoms with Crippen molar-refractivity contribution in [3.8, 4) is 0 Å². The van der Waals surface area contributed by atoms with Gasteiger partial charge < -0.3 is 28.6 Å². The van der Waals surface area contributed by atoms with E-state index >= 15 is 0 Å². The van der Waals surface area contributed by atoms with Crippen molar-refractivity contribution in [2.75, 3.05) is 41.0 Å². The quantitative estimate of drug-likeness (QED) is 0.0259. The van der Waals surface area contributed by atoms with Gasteiger partial charge in [0.2, 0.25) is 0 Å². The molecule has 2 atom stereocenters. The van der Waals surface area contributed by atoms with Crippen molar-refractivity contribution in [3.05, 3.63) is 60.8 Å². The summed E-state index contributed by atoms with van der Waals surface area (Å²) >= 11 is 0. The van der Waals surface area contributed by atoms with E-state index in [4.69, 9.17) is 14.2 Å². The summed E-state index contributed by atoms with van der Waals surface area (Å²) < 4.78 is 17.3. The zero-order valence-corrected chi connectivity index (χ0v) is 42.2. The molecule has 0 bridgehead atoms. The average Bonchev–Trinajstić information content (AvgIpc) is 3.26. The number of carboxylic acids is 1. The second kappa shape index (κ2) is 46.6. The zero-order chi connectivity index (χ0) is 47.0. The molecule has 8 heteroatoms. The van der Waals surface area contributed by atoms with Gasteiger partial charge in [0.1, 0.15) is 12.6 Å². The topological polar surface area (TPSA) is 102 Å². The Hall–Kier alpha value is -2.97. The highest BCUT2D eigenvalue weighted by Gasteiger charge is 2.25. The van der Waals surface area contributed by atoms with E-state index in [1.165, 1.54) is 116 Å². The van der Waals surface area contributed by atoms with Gasteiger partial charge in [-0.3, -0.25) is 9.59 Å². The predicted octanol–water partition coefficient (Wildman–Crippen LogP) is 14.0. The zero-order valence-electron chi connectivity index (χ0n) is 42.2. The number of unbranched alkanes of at least 4 members (excludes halogenated alkanes) is 23. The summed E-state index contributed by atoms with van der Waals surface area (Å²) in [6, 6.07) is -0.728. The number of likely N-dealkylation sites (N-methyl/N-ethyl adjacent to an activating group) is 1. The number of carbonyl (C=O) groups is 3. The maximum atomic E-state index is 12.8. The van der Waals surface area contributed by atoms with E-state index in [1.807, 2.05) is 0 Å². The third kappa shape index (κ3) is 44.2. The molecule has 0 aromatic heterocycles. The molecule has 2 unspecified atom stereocenters. The molecule has 0 aliphatic rings. The van der Waals surface area contributed by atoms with Crippen LogP contribution in [0.25, 0.3) is 0 Å². The maximum absolute atomic E-state index is 12.8. The van der Waals surface area contributed by atoms with Crippen molar-refractivity contribution >= 4 is 17.9 Å². The van der Waals surface area contributed by atoms with Crippen LogP contribution in [0, 0.1) is 0 Å². The van der Waals surface area contributed by atoms with Crippen LogP contribution in [-0.2, 0) is 28.6 Å². The van der Waals surface area contributed by atoms with Crippen LogP contribution < -0.4 is 5.11 Å². The number of ether oxygens (including phenoxy) is 3. The number of hydrogen-bond donors (Lipinski definition) is 0. The molecule has 0 heterocycles. The third-order valence-corrected chi connectivity index (χ3v) is 11.6. The van der Waals surface area contributed by atoms with Gasteiger partial charge in [-0.1, -0.05) is 197 Å². The van der Waals surface area contributed by atoms with E-state index < -0.39 is 18.1 Å². The minimum atomic E-state index is -1.13. The molecular weight excluding hydrogens is 799 g/mol. The number of rotatable bonds is 47. The fourth-order valence-electron chi connectivity index (χ4n) is 7.65. The van der Waals surface area contributed by atoms with Crippen LogP contribution >= 0.6 is 0 Å². The van der Waals surface area contributed by atoms with Crippen LogP contribution in [-0.4, -0.2) is 75.5 Å². The van der Waals surface area contributed by atoms with Gasteiger partial charge in [0.25, 0.3) is 0 Å². The van der Waals surface area contributed by atoms with Gasteiger partial charge in [-0.2, -0.15) is 0 Å². The van der Waals surface area contributed by atoms with Crippen LogP contribution in [0.3, 0.4) is 0 Å². The minimum absolute atomic E-state index is 0.0383. The molecule has 0 aromatic carbocycles. The summed E-state index contributed by atoms with van der Waals surface area (Å²) in [5, 5.41) is 11.7. The average molecular weight is 898 g/mol. The summed E-state index contributed by atoms with van der Waals surface area (Å²) in [4.78, 5) is 37.1. The summed E-state index contributed by atoms with van der Waals surface area (Å²) in [7, 11) is 5.42. The van der Waals surface area contributed by atoms with Crippen LogP contribution in [0.5, 0.6) is 0 Å². The Morgan fingerprint density at radius 1 is 0.469 bits per heavy atom. The first-order valence-corrected chi connectivity index (χ1v) is 26.3. The SMILES string of the molecule is CC/C=C/C/C=C/C/C=C/CCCCCCCCCCCC(=O)OC(COCCC(C(=O)[O-])[N+](C)(C)C)COC(=O)CCCCCCCCCCCCCCCC/C=C/C/C=C/CC. The van der Waals surface area contributed by atoms with E-state index in [1.54, 1.807) is 21.1 Å². The van der Waals surface area contributed by atoms with Crippen LogP contribution in [0.1, 0.15) is 226 Å². The second-order valence-corrected chi connectivity index (χ2v) is 18.7. The Balaban J connectivity index is 4.21. The van der Waals surface area contributed by atoms with E-state index in [2.05, 4.69) is 74.6 Å². The standard InChI is InChI=1S/C56H99NO7/c1-6-8-10-12-14-16-18-20-22-24-26-27-29-30-32-34-36-38-40-42-44-46-54(58)63-51-52(50-62-49-48-53(56(60)61)57(3,4)5)64-55(59)47-45-43-41-39-37-35-33-31-28-25-23-21-19-17-15-13-11-9-7-2/h8-11,14-17,21,23,52-53H,6-7,12-13,18-20,22,24-51H2,1-5H3/b10-8+,11-9+,16-14+,17-15+,23-21+. The summed E-state index contributed by atoms with van der Waals surface area (Å²) in [6.07, 6.45) is 58.2. The lowest BCUT2D eigenvalue weighted by atomic mass is 10.0. The van der Waals surface area contributed by atoms with Gasteiger partial charge in [0.05, 0.1) is 40.3 Å².